The number of nitrogens with zero attached hydrogens (tertiary/aromatic N) is 5. The number of fused-ring (bicyclic) bond motifs is 1. The molecule has 0 saturated carbocycles. The van der Waals surface area contributed by atoms with E-state index in [0.717, 1.165) is 33.0 Å². The molecule has 4 aromatic rings. The van der Waals surface area contributed by atoms with Gasteiger partial charge in [0.25, 0.3) is 0 Å². The maximum Gasteiger partial charge on any atom is 0.149 e. The van der Waals surface area contributed by atoms with Crippen molar-refractivity contribution >= 4 is 34.0 Å². The van der Waals surface area contributed by atoms with Gasteiger partial charge in [-0.05, 0) is 56.2 Å². The zero-order valence-electron chi connectivity index (χ0n) is 16.6. The normalized spacial score (nSPS) is 11.3. The van der Waals surface area contributed by atoms with Gasteiger partial charge < -0.3 is 9.55 Å². The van der Waals surface area contributed by atoms with Gasteiger partial charge in [0.2, 0.25) is 0 Å². The molecule has 30 heavy (non-hydrogen) atoms. The average molecular weight is 408 g/mol. The Balaban J connectivity index is 1.86. The van der Waals surface area contributed by atoms with Gasteiger partial charge in [-0.1, -0.05) is 12.1 Å². The number of hydrogen-bond donors (Lipinski definition) is 1. The lowest BCUT2D eigenvalue weighted by Gasteiger charge is -2.07. The van der Waals surface area contributed by atoms with Crippen LogP contribution in [0.5, 0.6) is 0 Å². The third kappa shape index (κ3) is 2.97. The Kier molecular flexibility index (Phi) is 4.72. The molecule has 144 valence electrons. The van der Waals surface area contributed by atoms with Gasteiger partial charge in [-0.3, -0.25) is 0 Å². The number of imidazole rings is 1. The molecule has 6 nitrogen and oxygen atoms in total. The predicted molar refractivity (Wildman–Crippen MR) is 117 cm³/mol. The summed E-state index contributed by atoms with van der Waals surface area (Å²) in [6.07, 6.45) is 1.80. The molecule has 0 radical (unpaired) electrons. The lowest BCUT2D eigenvalue weighted by Crippen LogP contribution is -1.99. The molecular formula is C23H16N6S. The number of rotatable bonds is 3. The smallest absolute Gasteiger partial charge is 0.149 e. The second-order valence-corrected chi connectivity index (χ2v) is 7.89. The van der Waals surface area contributed by atoms with Gasteiger partial charge in [0.05, 0.1) is 22.2 Å². The molecule has 0 bridgehead atoms. The zero-order chi connectivity index (χ0) is 21.4. The Bertz CT molecular complexity index is 1420. The number of aryl methyl sites for hydroxylation is 1. The van der Waals surface area contributed by atoms with Crippen LogP contribution in [0.2, 0.25) is 0 Å². The first-order valence-corrected chi connectivity index (χ1v) is 10.00. The van der Waals surface area contributed by atoms with E-state index in [-0.39, 0.29) is 0 Å². The molecule has 0 unspecified atom stereocenters. The lowest BCUT2D eigenvalue weighted by molar-refractivity contribution is 0.980. The summed E-state index contributed by atoms with van der Waals surface area (Å²) in [5, 5.41) is 29.5. The van der Waals surface area contributed by atoms with E-state index >= 15 is 0 Å². The first kappa shape index (κ1) is 19.2. The molecule has 0 atom stereocenters. The number of para-hydroxylation sites is 2. The molecule has 1 N–H and O–H groups in total. The average Bonchev–Trinajstić information content (AvgIpc) is 3.39. The molecule has 0 aliphatic heterocycles. The van der Waals surface area contributed by atoms with Crippen molar-refractivity contribution in [2.24, 2.45) is 0 Å². The summed E-state index contributed by atoms with van der Waals surface area (Å²) in [5.41, 5.74) is 5.97. The standard InChI is InChI=1S/C23H16N6S/c1-13-8-16(9-17(10-24)22-27-19-6-4-5-7-20(19)28-22)15(3)29(13)23-18(11-25)14(2)21(12-26)30-23/h4-9H,1-3H3,(H,27,28)/b17-9+. The maximum absolute atomic E-state index is 9.74. The Morgan fingerprint density at radius 2 is 1.90 bits per heavy atom. The van der Waals surface area contributed by atoms with Crippen LogP contribution in [0.4, 0.5) is 0 Å². The van der Waals surface area contributed by atoms with Crippen molar-refractivity contribution in [3.05, 3.63) is 69.1 Å². The fourth-order valence-corrected chi connectivity index (χ4v) is 4.70. The monoisotopic (exact) mass is 408 g/mol. The van der Waals surface area contributed by atoms with Crippen LogP contribution >= 0.6 is 11.3 Å². The summed E-state index contributed by atoms with van der Waals surface area (Å²) >= 11 is 1.30. The van der Waals surface area contributed by atoms with Crippen molar-refractivity contribution in [2.45, 2.75) is 20.8 Å². The zero-order valence-corrected chi connectivity index (χ0v) is 17.4. The molecule has 4 rings (SSSR count). The molecule has 0 aliphatic carbocycles. The van der Waals surface area contributed by atoms with E-state index in [1.54, 1.807) is 13.0 Å². The van der Waals surface area contributed by atoms with Crippen LogP contribution in [0.25, 0.3) is 27.7 Å². The number of benzene rings is 1. The van der Waals surface area contributed by atoms with Gasteiger partial charge in [0, 0.05) is 11.4 Å². The summed E-state index contributed by atoms with van der Waals surface area (Å²) < 4.78 is 1.97. The summed E-state index contributed by atoms with van der Waals surface area (Å²) in [7, 11) is 0. The van der Waals surface area contributed by atoms with Crippen LogP contribution in [0.1, 0.15) is 38.8 Å². The SMILES string of the molecule is Cc1c(C#N)sc(-n2c(C)cc(/C=C(\C#N)c3nc4ccccc4[nH]3)c2C)c1C#N. The summed E-state index contributed by atoms with van der Waals surface area (Å²) in [4.78, 5) is 8.24. The highest BCUT2D eigenvalue weighted by Crippen LogP contribution is 2.34. The van der Waals surface area contributed by atoms with E-state index < -0.39 is 0 Å². The van der Waals surface area contributed by atoms with E-state index in [0.29, 0.717) is 27.4 Å². The molecular weight excluding hydrogens is 392 g/mol. The highest BCUT2D eigenvalue weighted by molar-refractivity contribution is 7.15. The summed E-state index contributed by atoms with van der Waals surface area (Å²) in [5.74, 6) is 0.514. The van der Waals surface area contributed by atoms with Gasteiger partial charge in [-0.2, -0.15) is 15.8 Å². The Morgan fingerprint density at radius 3 is 2.57 bits per heavy atom. The van der Waals surface area contributed by atoms with Crippen molar-refractivity contribution in [1.82, 2.24) is 14.5 Å². The van der Waals surface area contributed by atoms with Crippen molar-refractivity contribution in [2.75, 3.05) is 0 Å². The number of allylic oxidation sites excluding steroid dienone is 1. The fourth-order valence-electron chi connectivity index (χ4n) is 3.53. The minimum atomic E-state index is 0.423. The molecule has 1 aromatic carbocycles. The molecule has 0 amide bonds. The minimum absolute atomic E-state index is 0.423. The van der Waals surface area contributed by atoms with Gasteiger partial charge in [0.15, 0.2) is 0 Å². The largest absolute Gasteiger partial charge is 0.337 e. The van der Waals surface area contributed by atoms with Crippen LogP contribution in [0.3, 0.4) is 0 Å². The number of nitriles is 3. The summed E-state index contributed by atoms with van der Waals surface area (Å²) in [6, 6.07) is 16.2. The van der Waals surface area contributed by atoms with Gasteiger partial charge in [-0.15, -0.1) is 11.3 Å². The number of H-pyrrole nitrogens is 1. The van der Waals surface area contributed by atoms with Gasteiger partial charge in [-0.25, -0.2) is 4.98 Å². The van der Waals surface area contributed by atoms with E-state index in [1.165, 1.54) is 11.3 Å². The van der Waals surface area contributed by atoms with Crippen LogP contribution < -0.4 is 0 Å². The van der Waals surface area contributed by atoms with Crippen LogP contribution in [-0.2, 0) is 0 Å². The topological polar surface area (TPSA) is 105 Å². The molecule has 0 fully saturated rings. The number of hydrogen-bond acceptors (Lipinski definition) is 5. The fraction of sp³-hybridized carbons (Fsp3) is 0.130. The molecule has 3 heterocycles. The molecule has 0 saturated heterocycles. The van der Waals surface area contributed by atoms with E-state index in [4.69, 9.17) is 0 Å². The molecule has 0 spiro atoms. The molecule has 7 heteroatoms. The van der Waals surface area contributed by atoms with Gasteiger partial charge in [0.1, 0.15) is 33.9 Å². The number of aromatic amines is 1. The summed E-state index contributed by atoms with van der Waals surface area (Å²) in [6.45, 7) is 5.68. The quantitative estimate of drug-likeness (QED) is 0.473. The predicted octanol–water partition coefficient (Wildman–Crippen LogP) is 5.15. The first-order chi connectivity index (χ1) is 14.5. The minimum Gasteiger partial charge on any atom is -0.337 e. The second-order valence-electron chi connectivity index (χ2n) is 6.89. The van der Waals surface area contributed by atoms with Crippen LogP contribution in [0, 0.1) is 54.8 Å². The highest BCUT2D eigenvalue weighted by atomic mass is 32.1. The lowest BCUT2D eigenvalue weighted by atomic mass is 10.1. The number of aromatic nitrogens is 3. The van der Waals surface area contributed by atoms with E-state index in [2.05, 4.69) is 28.2 Å². The second kappa shape index (κ2) is 7.37. The number of nitrogens with one attached hydrogen (secondary N) is 1. The molecule has 0 aliphatic rings. The van der Waals surface area contributed by atoms with Crippen molar-refractivity contribution in [3.63, 3.8) is 0 Å². The van der Waals surface area contributed by atoms with Crippen molar-refractivity contribution < 1.29 is 0 Å². The molecule has 3 aromatic heterocycles. The van der Waals surface area contributed by atoms with Crippen LogP contribution in [-0.4, -0.2) is 14.5 Å². The third-order valence-corrected chi connectivity index (χ3v) is 6.26. The van der Waals surface area contributed by atoms with Crippen molar-refractivity contribution in [3.8, 4) is 23.2 Å². The van der Waals surface area contributed by atoms with Crippen molar-refractivity contribution in [1.29, 1.82) is 15.8 Å². The van der Waals surface area contributed by atoms with E-state index in [1.807, 2.05) is 48.7 Å². The maximum atomic E-state index is 9.74. The Morgan fingerprint density at radius 1 is 1.13 bits per heavy atom. The third-order valence-electron chi connectivity index (χ3n) is 5.08. The first-order valence-electron chi connectivity index (χ1n) is 9.18. The highest BCUT2D eigenvalue weighted by Gasteiger charge is 2.20. The Labute approximate surface area is 177 Å². The number of thiophene rings is 1. The Hall–Kier alpha value is -4.12. The van der Waals surface area contributed by atoms with E-state index in [9.17, 15) is 15.8 Å². The van der Waals surface area contributed by atoms with Gasteiger partial charge >= 0.3 is 0 Å². The van der Waals surface area contributed by atoms with Crippen LogP contribution in [0.15, 0.2) is 30.3 Å².